The first-order valence-corrected chi connectivity index (χ1v) is 9.15. The standard InChI is InChI=1S/C21H22F3NO5/c22-21(23,24)17-3-1-2-15(9-10-17)16-7-4-14(5-8-16)6-11-19(27)25-18(20(28)29)12-30-13-26/h1-5,7-8,10,18,26H,6,9,11-13H2,(H,25,27)(H,28,29). The summed E-state index contributed by atoms with van der Waals surface area (Å²) < 4.78 is 43.0. The van der Waals surface area contributed by atoms with Crippen LogP contribution >= 0.6 is 0 Å². The van der Waals surface area contributed by atoms with E-state index in [4.69, 9.17) is 10.2 Å². The van der Waals surface area contributed by atoms with Gasteiger partial charge in [-0.25, -0.2) is 4.79 Å². The summed E-state index contributed by atoms with van der Waals surface area (Å²) in [7, 11) is 0. The van der Waals surface area contributed by atoms with Crippen molar-refractivity contribution in [2.24, 2.45) is 0 Å². The van der Waals surface area contributed by atoms with Crippen LogP contribution in [-0.4, -0.2) is 47.7 Å². The van der Waals surface area contributed by atoms with E-state index in [1.807, 2.05) is 0 Å². The van der Waals surface area contributed by atoms with E-state index in [0.29, 0.717) is 6.42 Å². The van der Waals surface area contributed by atoms with Crippen molar-refractivity contribution < 1.29 is 37.7 Å². The SMILES string of the molecule is O=C(CCc1ccc(C2=CC=CC(C(F)(F)F)=CC2)cc1)NC(COCO)C(=O)O. The molecule has 0 saturated carbocycles. The Balaban J connectivity index is 1.91. The number of alkyl halides is 3. The fraction of sp³-hybridized carbons (Fsp3) is 0.333. The molecule has 0 aromatic heterocycles. The molecule has 0 radical (unpaired) electrons. The lowest BCUT2D eigenvalue weighted by Gasteiger charge is -2.14. The van der Waals surface area contributed by atoms with Crippen molar-refractivity contribution in [1.29, 1.82) is 0 Å². The van der Waals surface area contributed by atoms with Crippen molar-refractivity contribution in [3.63, 3.8) is 0 Å². The highest BCUT2D eigenvalue weighted by Crippen LogP contribution is 2.31. The summed E-state index contributed by atoms with van der Waals surface area (Å²) in [6, 6.07) is 5.84. The van der Waals surface area contributed by atoms with E-state index in [1.54, 1.807) is 30.3 Å². The molecule has 1 aliphatic rings. The maximum absolute atomic E-state index is 12.8. The van der Waals surface area contributed by atoms with Gasteiger partial charge in [0.1, 0.15) is 6.79 Å². The number of aliphatic hydroxyl groups excluding tert-OH is 1. The van der Waals surface area contributed by atoms with Gasteiger partial charge in [0.05, 0.1) is 12.2 Å². The van der Waals surface area contributed by atoms with E-state index in [9.17, 15) is 22.8 Å². The second-order valence-corrected chi connectivity index (χ2v) is 6.57. The lowest BCUT2D eigenvalue weighted by Crippen LogP contribution is -2.44. The van der Waals surface area contributed by atoms with Gasteiger partial charge < -0.3 is 20.3 Å². The molecule has 1 unspecified atom stereocenters. The zero-order valence-corrected chi connectivity index (χ0v) is 16.0. The normalized spacial score (nSPS) is 15.1. The molecule has 1 aromatic rings. The van der Waals surface area contributed by atoms with Gasteiger partial charge in [-0.2, -0.15) is 13.2 Å². The third-order valence-electron chi connectivity index (χ3n) is 4.42. The van der Waals surface area contributed by atoms with Crippen LogP contribution in [0.1, 0.15) is 24.0 Å². The van der Waals surface area contributed by atoms with Crippen LogP contribution in [-0.2, 0) is 20.7 Å². The number of aliphatic hydroxyl groups is 1. The highest BCUT2D eigenvalue weighted by molar-refractivity contribution is 5.83. The molecule has 2 rings (SSSR count). The zero-order chi connectivity index (χ0) is 22.1. The average molecular weight is 425 g/mol. The summed E-state index contributed by atoms with van der Waals surface area (Å²) in [6.07, 6.45) is 1.37. The first-order chi connectivity index (χ1) is 14.2. The number of rotatable bonds is 9. The van der Waals surface area contributed by atoms with Crippen molar-refractivity contribution in [2.45, 2.75) is 31.5 Å². The Hall–Kier alpha value is -2.91. The molecule has 3 N–H and O–H groups in total. The predicted octanol–water partition coefficient (Wildman–Crippen LogP) is 2.99. The molecule has 1 aromatic carbocycles. The Morgan fingerprint density at radius 1 is 1.20 bits per heavy atom. The maximum atomic E-state index is 12.8. The Morgan fingerprint density at radius 2 is 1.90 bits per heavy atom. The van der Waals surface area contributed by atoms with Gasteiger partial charge in [-0.3, -0.25) is 4.79 Å². The summed E-state index contributed by atoms with van der Waals surface area (Å²) in [5.74, 6) is -1.75. The summed E-state index contributed by atoms with van der Waals surface area (Å²) in [6.45, 7) is -0.994. The molecule has 162 valence electrons. The second kappa shape index (κ2) is 10.7. The number of nitrogens with one attached hydrogen (secondary N) is 1. The Labute approximate surface area is 171 Å². The van der Waals surface area contributed by atoms with Crippen molar-refractivity contribution in [1.82, 2.24) is 5.32 Å². The van der Waals surface area contributed by atoms with E-state index >= 15 is 0 Å². The molecule has 0 heterocycles. The topological polar surface area (TPSA) is 95.9 Å². The van der Waals surface area contributed by atoms with Gasteiger partial charge in [0.25, 0.3) is 0 Å². The number of amides is 1. The van der Waals surface area contributed by atoms with E-state index in [-0.39, 0.29) is 19.4 Å². The highest BCUT2D eigenvalue weighted by atomic mass is 19.4. The van der Waals surface area contributed by atoms with Crippen molar-refractivity contribution >= 4 is 17.4 Å². The fourth-order valence-corrected chi connectivity index (χ4v) is 2.80. The Bertz CT molecular complexity index is 841. The van der Waals surface area contributed by atoms with Gasteiger partial charge in [0.15, 0.2) is 6.04 Å². The molecule has 0 aliphatic heterocycles. The Kier molecular flexibility index (Phi) is 8.37. The van der Waals surface area contributed by atoms with E-state index in [0.717, 1.165) is 28.9 Å². The first kappa shape index (κ1) is 23.4. The smallest absolute Gasteiger partial charge is 0.416 e. The van der Waals surface area contributed by atoms with Gasteiger partial charge >= 0.3 is 12.1 Å². The number of carboxylic acids is 1. The number of aryl methyl sites for hydroxylation is 1. The van der Waals surface area contributed by atoms with Gasteiger partial charge in [-0.05, 0) is 29.5 Å². The average Bonchev–Trinajstić information content (AvgIpc) is 2.96. The third kappa shape index (κ3) is 7.16. The van der Waals surface area contributed by atoms with Crippen LogP contribution in [0.2, 0.25) is 0 Å². The van der Waals surface area contributed by atoms with Crippen molar-refractivity contribution in [3.05, 3.63) is 65.3 Å². The van der Waals surface area contributed by atoms with Crippen molar-refractivity contribution in [3.8, 4) is 0 Å². The molecular formula is C21H22F3NO5. The molecule has 0 spiro atoms. The van der Waals surface area contributed by atoms with Crippen LogP contribution in [0.5, 0.6) is 0 Å². The molecule has 1 atom stereocenters. The summed E-state index contributed by atoms with van der Waals surface area (Å²) in [5.41, 5.74) is 1.66. The van der Waals surface area contributed by atoms with Crippen LogP contribution in [0.25, 0.3) is 5.57 Å². The van der Waals surface area contributed by atoms with Crippen LogP contribution in [0.4, 0.5) is 13.2 Å². The number of benzene rings is 1. The molecule has 0 saturated heterocycles. The molecule has 30 heavy (non-hydrogen) atoms. The van der Waals surface area contributed by atoms with Gasteiger partial charge in [-0.15, -0.1) is 0 Å². The summed E-state index contributed by atoms with van der Waals surface area (Å²) >= 11 is 0. The van der Waals surface area contributed by atoms with Crippen LogP contribution in [0.15, 0.2) is 54.1 Å². The third-order valence-corrected chi connectivity index (χ3v) is 4.42. The quantitative estimate of drug-likeness (QED) is 0.529. The van der Waals surface area contributed by atoms with E-state index in [2.05, 4.69) is 10.1 Å². The van der Waals surface area contributed by atoms with Crippen LogP contribution < -0.4 is 5.32 Å². The van der Waals surface area contributed by atoms with Gasteiger partial charge in [-0.1, -0.05) is 48.6 Å². The number of halogens is 3. The molecular weight excluding hydrogens is 403 g/mol. The lowest BCUT2D eigenvalue weighted by molar-refractivity contribution is -0.144. The first-order valence-electron chi connectivity index (χ1n) is 9.15. The second-order valence-electron chi connectivity index (χ2n) is 6.57. The molecule has 1 aliphatic carbocycles. The van der Waals surface area contributed by atoms with Crippen molar-refractivity contribution in [2.75, 3.05) is 13.4 Å². The number of allylic oxidation sites excluding steroid dienone is 6. The number of carbonyl (C=O) groups is 2. The number of ether oxygens (including phenoxy) is 1. The molecule has 6 nitrogen and oxygen atoms in total. The maximum Gasteiger partial charge on any atom is 0.416 e. The number of carbonyl (C=O) groups excluding carboxylic acids is 1. The number of aliphatic carboxylic acids is 1. The van der Waals surface area contributed by atoms with Crippen LogP contribution in [0.3, 0.4) is 0 Å². The minimum atomic E-state index is -4.38. The summed E-state index contributed by atoms with van der Waals surface area (Å²) in [4.78, 5) is 23.0. The number of carboxylic acid groups (broad SMARTS) is 1. The van der Waals surface area contributed by atoms with Gasteiger partial charge in [0, 0.05) is 6.42 Å². The Morgan fingerprint density at radius 3 is 2.50 bits per heavy atom. The minimum absolute atomic E-state index is 0.0470. The van der Waals surface area contributed by atoms with Crippen LogP contribution in [0, 0.1) is 0 Å². The minimum Gasteiger partial charge on any atom is -0.480 e. The lowest BCUT2D eigenvalue weighted by atomic mass is 9.99. The predicted molar refractivity (Wildman–Crippen MR) is 103 cm³/mol. The largest absolute Gasteiger partial charge is 0.480 e. The van der Waals surface area contributed by atoms with E-state index in [1.165, 1.54) is 6.08 Å². The highest BCUT2D eigenvalue weighted by Gasteiger charge is 2.31. The molecule has 1 amide bonds. The molecule has 0 bridgehead atoms. The fourth-order valence-electron chi connectivity index (χ4n) is 2.80. The molecule has 9 heteroatoms. The van der Waals surface area contributed by atoms with E-state index < -0.39 is 36.5 Å². The number of hydrogen-bond acceptors (Lipinski definition) is 4. The molecule has 0 fully saturated rings. The summed E-state index contributed by atoms with van der Waals surface area (Å²) in [5, 5.41) is 19.9. The monoisotopic (exact) mass is 425 g/mol. The number of hydrogen-bond donors (Lipinski definition) is 3. The van der Waals surface area contributed by atoms with Gasteiger partial charge in [0.2, 0.25) is 5.91 Å². The zero-order valence-electron chi connectivity index (χ0n) is 16.0.